The number of nitrogens with one attached hydrogen (secondary N) is 1. The average Bonchev–Trinajstić information content (AvgIpc) is 2.27. The molecule has 16 heavy (non-hydrogen) atoms. The Balaban J connectivity index is 3.84. The summed E-state index contributed by atoms with van der Waals surface area (Å²) in [5.41, 5.74) is 0. The van der Waals surface area contributed by atoms with Gasteiger partial charge in [0.25, 0.3) is 0 Å². The van der Waals surface area contributed by atoms with E-state index in [-0.39, 0.29) is 11.9 Å². The number of rotatable bonds is 8. The average molecular weight is 228 g/mol. The molecule has 0 aromatic rings. The van der Waals surface area contributed by atoms with Gasteiger partial charge >= 0.3 is 0 Å². The maximum Gasteiger partial charge on any atom is 0.239 e. The van der Waals surface area contributed by atoms with Gasteiger partial charge in [-0.1, -0.05) is 26.2 Å². The van der Waals surface area contributed by atoms with Crippen LogP contribution in [-0.2, 0) is 4.79 Å². The van der Waals surface area contributed by atoms with Crippen LogP contribution in [0.1, 0.15) is 53.4 Å². The SMILES string of the molecule is CCCCCC(C)NC(C)C(=O)N(C)CC. The lowest BCUT2D eigenvalue weighted by Crippen LogP contribution is -2.46. The quantitative estimate of drug-likeness (QED) is 0.647. The second kappa shape index (κ2) is 8.57. The molecule has 0 rings (SSSR count). The second-order valence-corrected chi connectivity index (χ2v) is 4.64. The molecule has 0 bridgehead atoms. The van der Waals surface area contributed by atoms with Crippen LogP contribution in [-0.4, -0.2) is 36.5 Å². The van der Waals surface area contributed by atoms with Crippen molar-refractivity contribution < 1.29 is 4.79 Å². The summed E-state index contributed by atoms with van der Waals surface area (Å²) in [6.07, 6.45) is 4.93. The molecule has 1 N–H and O–H groups in total. The van der Waals surface area contributed by atoms with Crippen LogP contribution in [0.5, 0.6) is 0 Å². The summed E-state index contributed by atoms with van der Waals surface area (Å²) in [6.45, 7) is 9.08. The van der Waals surface area contributed by atoms with Gasteiger partial charge in [0, 0.05) is 19.6 Å². The molecule has 1 amide bonds. The highest BCUT2D eigenvalue weighted by Crippen LogP contribution is 2.04. The van der Waals surface area contributed by atoms with E-state index in [9.17, 15) is 4.79 Å². The Morgan fingerprint density at radius 1 is 1.25 bits per heavy atom. The van der Waals surface area contributed by atoms with Crippen LogP contribution in [0.15, 0.2) is 0 Å². The number of carbonyl (C=O) groups excluding carboxylic acids is 1. The van der Waals surface area contributed by atoms with Gasteiger partial charge < -0.3 is 10.2 Å². The van der Waals surface area contributed by atoms with Crippen molar-refractivity contribution in [1.29, 1.82) is 0 Å². The standard InChI is InChI=1S/C13H28N2O/c1-6-8-9-10-11(3)14-12(4)13(16)15(5)7-2/h11-12,14H,6-10H2,1-5H3. The molecule has 2 unspecified atom stereocenters. The Morgan fingerprint density at radius 2 is 1.88 bits per heavy atom. The van der Waals surface area contributed by atoms with E-state index in [1.165, 1.54) is 19.3 Å². The molecule has 0 aromatic carbocycles. The highest BCUT2D eigenvalue weighted by molar-refractivity contribution is 5.81. The van der Waals surface area contributed by atoms with Gasteiger partial charge in [-0.25, -0.2) is 0 Å². The molecule has 0 spiro atoms. The topological polar surface area (TPSA) is 32.3 Å². The fourth-order valence-corrected chi connectivity index (χ4v) is 1.77. The third-order valence-corrected chi connectivity index (χ3v) is 3.00. The van der Waals surface area contributed by atoms with Gasteiger partial charge in [0.05, 0.1) is 6.04 Å². The molecule has 0 aliphatic carbocycles. The first-order chi connectivity index (χ1) is 7.52. The zero-order chi connectivity index (χ0) is 12.6. The number of likely N-dealkylation sites (N-methyl/N-ethyl adjacent to an activating group) is 1. The first kappa shape index (κ1) is 15.4. The summed E-state index contributed by atoms with van der Waals surface area (Å²) in [5.74, 6) is 0.185. The minimum Gasteiger partial charge on any atom is -0.345 e. The Kier molecular flexibility index (Phi) is 8.26. The Labute approximate surface area is 101 Å². The minimum atomic E-state index is -0.0680. The summed E-state index contributed by atoms with van der Waals surface area (Å²) < 4.78 is 0. The van der Waals surface area contributed by atoms with Gasteiger partial charge in [0.2, 0.25) is 5.91 Å². The van der Waals surface area contributed by atoms with E-state index < -0.39 is 0 Å². The molecule has 96 valence electrons. The summed E-state index contributed by atoms with van der Waals surface area (Å²) in [5, 5.41) is 3.36. The molecule has 0 heterocycles. The summed E-state index contributed by atoms with van der Waals surface area (Å²) in [6, 6.07) is 0.359. The van der Waals surface area contributed by atoms with E-state index in [1.54, 1.807) is 4.90 Å². The van der Waals surface area contributed by atoms with E-state index in [0.29, 0.717) is 6.04 Å². The maximum atomic E-state index is 11.8. The number of unbranched alkanes of at least 4 members (excludes halogenated alkanes) is 2. The molecule has 0 saturated carbocycles. The lowest BCUT2D eigenvalue weighted by atomic mass is 10.1. The van der Waals surface area contributed by atoms with E-state index in [2.05, 4.69) is 19.2 Å². The zero-order valence-corrected chi connectivity index (χ0v) is 11.5. The van der Waals surface area contributed by atoms with Crippen molar-refractivity contribution in [3.05, 3.63) is 0 Å². The monoisotopic (exact) mass is 228 g/mol. The molecule has 0 radical (unpaired) electrons. The van der Waals surface area contributed by atoms with Crippen molar-refractivity contribution in [1.82, 2.24) is 10.2 Å². The third kappa shape index (κ3) is 6.11. The van der Waals surface area contributed by atoms with E-state index >= 15 is 0 Å². The molecular formula is C13H28N2O. The van der Waals surface area contributed by atoms with Crippen molar-refractivity contribution in [2.75, 3.05) is 13.6 Å². The van der Waals surface area contributed by atoms with E-state index in [4.69, 9.17) is 0 Å². The molecule has 0 saturated heterocycles. The zero-order valence-electron chi connectivity index (χ0n) is 11.5. The number of carbonyl (C=O) groups is 1. The molecule has 0 aromatic heterocycles. The molecule has 0 aliphatic rings. The van der Waals surface area contributed by atoms with Crippen LogP contribution in [0, 0.1) is 0 Å². The second-order valence-electron chi connectivity index (χ2n) is 4.64. The van der Waals surface area contributed by atoms with Gasteiger partial charge in [0.15, 0.2) is 0 Å². The molecule has 3 nitrogen and oxygen atoms in total. The van der Waals surface area contributed by atoms with Crippen LogP contribution in [0.4, 0.5) is 0 Å². The first-order valence-electron chi connectivity index (χ1n) is 6.53. The molecule has 2 atom stereocenters. The minimum absolute atomic E-state index is 0.0680. The van der Waals surface area contributed by atoms with Crippen LogP contribution in [0.2, 0.25) is 0 Å². The molecular weight excluding hydrogens is 200 g/mol. The number of hydrogen-bond acceptors (Lipinski definition) is 2. The number of hydrogen-bond donors (Lipinski definition) is 1. The fraction of sp³-hybridized carbons (Fsp3) is 0.923. The van der Waals surface area contributed by atoms with Crippen molar-refractivity contribution in [2.45, 2.75) is 65.5 Å². The van der Waals surface area contributed by atoms with Gasteiger partial charge in [0.1, 0.15) is 0 Å². The van der Waals surface area contributed by atoms with Gasteiger partial charge in [-0.3, -0.25) is 4.79 Å². The Hall–Kier alpha value is -0.570. The summed E-state index contributed by atoms with van der Waals surface area (Å²) in [4.78, 5) is 13.6. The van der Waals surface area contributed by atoms with Gasteiger partial charge in [-0.05, 0) is 27.2 Å². The summed E-state index contributed by atoms with van der Waals surface area (Å²) in [7, 11) is 1.85. The Morgan fingerprint density at radius 3 is 2.38 bits per heavy atom. The van der Waals surface area contributed by atoms with Gasteiger partial charge in [-0.2, -0.15) is 0 Å². The lowest BCUT2D eigenvalue weighted by Gasteiger charge is -2.23. The highest BCUT2D eigenvalue weighted by Gasteiger charge is 2.17. The predicted octanol–water partition coefficient (Wildman–Crippen LogP) is 2.41. The highest BCUT2D eigenvalue weighted by atomic mass is 16.2. The largest absolute Gasteiger partial charge is 0.345 e. The first-order valence-corrected chi connectivity index (χ1v) is 6.53. The fourth-order valence-electron chi connectivity index (χ4n) is 1.77. The number of nitrogens with zero attached hydrogens (tertiary/aromatic N) is 1. The number of amides is 1. The van der Waals surface area contributed by atoms with E-state index in [0.717, 1.165) is 13.0 Å². The van der Waals surface area contributed by atoms with E-state index in [1.807, 2.05) is 20.9 Å². The van der Waals surface area contributed by atoms with Gasteiger partial charge in [-0.15, -0.1) is 0 Å². The Bertz CT molecular complexity index is 194. The van der Waals surface area contributed by atoms with Crippen LogP contribution >= 0.6 is 0 Å². The molecule has 3 heteroatoms. The van der Waals surface area contributed by atoms with Crippen LogP contribution in [0.25, 0.3) is 0 Å². The summed E-state index contributed by atoms with van der Waals surface area (Å²) >= 11 is 0. The normalized spacial score (nSPS) is 14.6. The maximum absolute atomic E-state index is 11.8. The third-order valence-electron chi connectivity index (χ3n) is 3.00. The van der Waals surface area contributed by atoms with Crippen molar-refractivity contribution in [3.63, 3.8) is 0 Å². The van der Waals surface area contributed by atoms with Crippen LogP contribution < -0.4 is 5.32 Å². The lowest BCUT2D eigenvalue weighted by molar-refractivity contribution is -0.131. The smallest absolute Gasteiger partial charge is 0.239 e. The predicted molar refractivity (Wildman–Crippen MR) is 69.5 cm³/mol. The van der Waals surface area contributed by atoms with Crippen molar-refractivity contribution >= 4 is 5.91 Å². The van der Waals surface area contributed by atoms with Crippen molar-refractivity contribution in [2.24, 2.45) is 0 Å². The van der Waals surface area contributed by atoms with Crippen LogP contribution in [0.3, 0.4) is 0 Å². The molecule has 0 fully saturated rings. The van der Waals surface area contributed by atoms with Crippen molar-refractivity contribution in [3.8, 4) is 0 Å². The molecule has 0 aliphatic heterocycles.